The van der Waals surface area contributed by atoms with Crippen molar-refractivity contribution >= 4 is 11.8 Å². The molecule has 1 N–H and O–H groups in total. The summed E-state index contributed by atoms with van der Waals surface area (Å²) in [5.41, 5.74) is 0.835. The standard InChI is InChI=1S/C16H19NO4/c1-11(2)16-12(4-3-5-13(16)18)14-10-17(8-9-21-14)7-6-15(19)20/h3-5,8-11,16H,6-7H2,1-2H3,(H,19,20). The lowest BCUT2D eigenvalue weighted by Gasteiger charge is -2.28. The topological polar surface area (TPSA) is 66.8 Å². The van der Waals surface area contributed by atoms with E-state index in [4.69, 9.17) is 9.84 Å². The number of aliphatic carboxylic acids is 1. The maximum absolute atomic E-state index is 12.1. The molecule has 0 aromatic rings. The molecule has 1 aliphatic carbocycles. The minimum Gasteiger partial charge on any atom is -0.481 e. The van der Waals surface area contributed by atoms with Gasteiger partial charge in [0.25, 0.3) is 0 Å². The molecule has 112 valence electrons. The van der Waals surface area contributed by atoms with Gasteiger partial charge in [-0.2, -0.15) is 0 Å². The first kappa shape index (κ1) is 15.1. The number of nitrogens with zero attached hydrogens (tertiary/aromatic N) is 1. The third-order valence-electron chi connectivity index (χ3n) is 3.44. The summed E-state index contributed by atoms with van der Waals surface area (Å²) >= 11 is 0. The number of hydrogen-bond acceptors (Lipinski definition) is 4. The molecule has 1 aliphatic heterocycles. The minimum atomic E-state index is -0.847. The number of hydrogen-bond donors (Lipinski definition) is 1. The lowest BCUT2D eigenvalue weighted by Crippen LogP contribution is -2.26. The Bertz CT molecular complexity index is 555. The second-order valence-corrected chi connectivity index (χ2v) is 5.38. The van der Waals surface area contributed by atoms with Gasteiger partial charge in [0.2, 0.25) is 0 Å². The second-order valence-electron chi connectivity index (χ2n) is 5.38. The smallest absolute Gasteiger partial charge is 0.305 e. The average molecular weight is 289 g/mol. The van der Waals surface area contributed by atoms with Crippen LogP contribution >= 0.6 is 0 Å². The van der Waals surface area contributed by atoms with Crippen molar-refractivity contribution in [3.8, 4) is 0 Å². The lowest BCUT2D eigenvalue weighted by atomic mass is 9.81. The van der Waals surface area contributed by atoms with Gasteiger partial charge < -0.3 is 14.7 Å². The van der Waals surface area contributed by atoms with E-state index in [-0.39, 0.29) is 24.0 Å². The molecule has 0 spiro atoms. The van der Waals surface area contributed by atoms with E-state index in [1.807, 2.05) is 19.9 Å². The zero-order valence-corrected chi connectivity index (χ0v) is 12.2. The molecule has 0 saturated heterocycles. The van der Waals surface area contributed by atoms with Crippen molar-refractivity contribution < 1.29 is 19.4 Å². The highest BCUT2D eigenvalue weighted by Gasteiger charge is 2.30. The van der Waals surface area contributed by atoms with Gasteiger partial charge >= 0.3 is 5.97 Å². The summed E-state index contributed by atoms with van der Waals surface area (Å²) in [5.74, 6) is -0.247. The SMILES string of the molecule is CC(C)C1C(=O)C=CC=C1C1=CN(CCC(=O)O)C=CO1. The van der Waals surface area contributed by atoms with Crippen LogP contribution in [0.3, 0.4) is 0 Å². The summed E-state index contributed by atoms with van der Waals surface area (Å²) < 4.78 is 5.52. The molecule has 5 heteroatoms. The third kappa shape index (κ3) is 3.62. The van der Waals surface area contributed by atoms with Gasteiger partial charge in [0.05, 0.1) is 12.3 Å². The summed E-state index contributed by atoms with van der Waals surface area (Å²) in [6.45, 7) is 4.36. The first-order valence-electron chi connectivity index (χ1n) is 6.94. The minimum absolute atomic E-state index is 0.0413. The van der Waals surface area contributed by atoms with Crippen LogP contribution in [0.15, 0.2) is 48.2 Å². The number of rotatable bonds is 5. The van der Waals surface area contributed by atoms with E-state index in [1.54, 1.807) is 29.5 Å². The maximum atomic E-state index is 12.1. The van der Waals surface area contributed by atoms with Gasteiger partial charge in [-0.1, -0.05) is 26.0 Å². The fourth-order valence-corrected chi connectivity index (χ4v) is 2.44. The number of carbonyl (C=O) groups is 2. The number of ether oxygens (including phenoxy) is 1. The Morgan fingerprint density at radius 2 is 2.24 bits per heavy atom. The van der Waals surface area contributed by atoms with Crippen LogP contribution < -0.4 is 0 Å². The Balaban J connectivity index is 2.19. The molecule has 2 rings (SSSR count). The first-order valence-corrected chi connectivity index (χ1v) is 6.94. The molecule has 1 heterocycles. The summed E-state index contributed by atoms with van der Waals surface area (Å²) in [4.78, 5) is 24.5. The molecule has 1 unspecified atom stereocenters. The highest BCUT2D eigenvalue weighted by molar-refractivity contribution is 5.96. The second kappa shape index (κ2) is 6.43. The van der Waals surface area contributed by atoms with Crippen LogP contribution in [0.2, 0.25) is 0 Å². The van der Waals surface area contributed by atoms with Gasteiger partial charge in [0, 0.05) is 24.5 Å². The van der Waals surface area contributed by atoms with E-state index in [0.717, 1.165) is 5.57 Å². The molecular formula is C16H19NO4. The van der Waals surface area contributed by atoms with Crippen molar-refractivity contribution in [1.29, 1.82) is 0 Å². The Kier molecular flexibility index (Phi) is 4.62. The summed E-state index contributed by atoms with van der Waals surface area (Å²) in [5, 5.41) is 8.74. The van der Waals surface area contributed by atoms with Gasteiger partial charge in [-0.3, -0.25) is 9.59 Å². The molecule has 2 aliphatic rings. The van der Waals surface area contributed by atoms with E-state index in [1.165, 1.54) is 6.26 Å². The van der Waals surface area contributed by atoms with Crippen molar-refractivity contribution in [1.82, 2.24) is 4.90 Å². The molecule has 0 aromatic heterocycles. The molecule has 1 atom stereocenters. The monoisotopic (exact) mass is 289 g/mol. The van der Waals surface area contributed by atoms with Gasteiger partial charge in [-0.05, 0) is 12.0 Å². The number of carboxylic acid groups (broad SMARTS) is 1. The molecule has 21 heavy (non-hydrogen) atoms. The molecule has 0 aromatic carbocycles. The van der Waals surface area contributed by atoms with Gasteiger partial charge in [-0.25, -0.2) is 0 Å². The summed E-state index contributed by atoms with van der Waals surface area (Å²) in [6, 6.07) is 0. The molecule has 0 amide bonds. The van der Waals surface area contributed by atoms with Crippen LogP contribution in [0.25, 0.3) is 0 Å². The molecule has 5 nitrogen and oxygen atoms in total. The van der Waals surface area contributed by atoms with Crippen molar-refractivity contribution in [2.24, 2.45) is 11.8 Å². The predicted molar refractivity (Wildman–Crippen MR) is 77.8 cm³/mol. The van der Waals surface area contributed by atoms with E-state index in [0.29, 0.717) is 12.3 Å². The van der Waals surface area contributed by atoms with Gasteiger partial charge in [0.1, 0.15) is 12.0 Å². The average Bonchev–Trinajstić information content (AvgIpc) is 2.44. The first-order chi connectivity index (χ1) is 9.99. The molecule has 0 radical (unpaired) electrons. The van der Waals surface area contributed by atoms with Crippen molar-refractivity contribution in [2.45, 2.75) is 20.3 Å². The third-order valence-corrected chi connectivity index (χ3v) is 3.44. The van der Waals surface area contributed by atoms with Crippen LogP contribution in [-0.2, 0) is 14.3 Å². The van der Waals surface area contributed by atoms with Gasteiger partial charge in [-0.15, -0.1) is 0 Å². The maximum Gasteiger partial charge on any atom is 0.305 e. The van der Waals surface area contributed by atoms with Crippen molar-refractivity contribution in [3.63, 3.8) is 0 Å². The number of carboxylic acids is 1. The van der Waals surface area contributed by atoms with E-state index < -0.39 is 5.97 Å². The number of ketones is 1. The summed E-state index contributed by atoms with van der Waals surface area (Å²) in [6.07, 6.45) is 10.2. The molecule has 0 bridgehead atoms. The van der Waals surface area contributed by atoms with E-state index in [2.05, 4.69) is 0 Å². The number of carbonyl (C=O) groups excluding carboxylic acids is 1. The Labute approximate surface area is 123 Å². The fraction of sp³-hybridized carbons (Fsp3) is 0.375. The quantitative estimate of drug-likeness (QED) is 0.842. The van der Waals surface area contributed by atoms with Crippen LogP contribution in [0.5, 0.6) is 0 Å². The zero-order valence-electron chi connectivity index (χ0n) is 12.2. The van der Waals surface area contributed by atoms with Crippen LogP contribution in [0, 0.1) is 11.8 Å². The van der Waals surface area contributed by atoms with Gasteiger partial charge in [0.15, 0.2) is 5.78 Å². The fourth-order valence-electron chi connectivity index (χ4n) is 2.44. The lowest BCUT2D eigenvalue weighted by molar-refractivity contribution is -0.137. The van der Waals surface area contributed by atoms with Crippen LogP contribution in [-0.4, -0.2) is 28.3 Å². The highest BCUT2D eigenvalue weighted by atomic mass is 16.5. The van der Waals surface area contributed by atoms with E-state index >= 15 is 0 Å². The van der Waals surface area contributed by atoms with Crippen molar-refractivity contribution in [2.75, 3.05) is 6.54 Å². The Hall–Kier alpha value is -2.30. The van der Waals surface area contributed by atoms with Crippen LogP contribution in [0.1, 0.15) is 20.3 Å². The van der Waals surface area contributed by atoms with Crippen molar-refractivity contribution in [3.05, 3.63) is 48.2 Å². The highest BCUT2D eigenvalue weighted by Crippen LogP contribution is 2.32. The molecule has 0 fully saturated rings. The number of allylic oxidation sites excluding steroid dienone is 4. The normalized spacial score (nSPS) is 21.2. The molecule has 0 saturated carbocycles. The largest absolute Gasteiger partial charge is 0.481 e. The predicted octanol–water partition coefficient (Wildman–Crippen LogP) is 2.44. The Morgan fingerprint density at radius 3 is 2.90 bits per heavy atom. The Morgan fingerprint density at radius 1 is 1.48 bits per heavy atom. The molecular weight excluding hydrogens is 270 g/mol. The van der Waals surface area contributed by atoms with Crippen LogP contribution in [0.4, 0.5) is 0 Å². The summed E-state index contributed by atoms with van der Waals surface area (Å²) in [7, 11) is 0. The zero-order chi connectivity index (χ0) is 15.4. The van der Waals surface area contributed by atoms with E-state index in [9.17, 15) is 9.59 Å².